The first-order valence-electron chi connectivity index (χ1n) is 7.79. The molecule has 0 amide bonds. The van der Waals surface area contributed by atoms with Crippen LogP contribution in [0.1, 0.15) is 30.2 Å². The molecule has 0 radical (unpaired) electrons. The Kier molecular flexibility index (Phi) is 3.50. The van der Waals surface area contributed by atoms with E-state index in [0.717, 1.165) is 30.5 Å². The minimum atomic E-state index is -0.349. The van der Waals surface area contributed by atoms with Gasteiger partial charge in [-0.2, -0.15) is 0 Å². The van der Waals surface area contributed by atoms with Crippen LogP contribution in [0.5, 0.6) is 0 Å². The van der Waals surface area contributed by atoms with Crippen molar-refractivity contribution < 1.29 is 8.81 Å². The quantitative estimate of drug-likeness (QED) is 0.804. The Morgan fingerprint density at radius 1 is 1.30 bits per heavy atom. The van der Waals surface area contributed by atoms with Gasteiger partial charge in [0, 0.05) is 12.1 Å². The average molecular weight is 312 g/mol. The van der Waals surface area contributed by atoms with Crippen LogP contribution in [0.2, 0.25) is 0 Å². The van der Waals surface area contributed by atoms with Crippen LogP contribution in [0.25, 0.3) is 10.9 Å². The Morgan fingerprint density at radius 3 is 3.04 bits per heavy atom. The molecule has 118 valence electrons. The van der Waals surface area contributed by atoms with Gasteiger partial charge in [-0.15, -0.1) is 0 Å². The van der Waals surface area contributed by atoms with Gasteiger partial charge in [-0.1, -0.05) is 0 Å². The van der Waals surface area contributed by atoms with Crippen LogP contribution in [0.3, 0.4) is 0 Å². The predicted molar refractivity (Wildman–Crippen MR) is 85.6 cm³/mol. The minimum Gasteiger partial charge on any atom is -0.468 e. The molecule has 23 heavy (non-hydrogen) atoms. The molecule has 0 spiro atoms. The number of hydrogen-bond acceptors (Lipinski definition) is 3. The third-order valence-electron chi connectivity index (χ3n) is 4.49. The molecule has 0 aliphatic carbocycles. The fourth-order valence-electron chi connectivity index (χ4n) is 3.37. The number of H-pyrrole nitrogens is 1. The van der Waals surface area contributed by atoms with Crippen molar-refractivity contribution in [1.82, 2.24) is 9.88 Å². The molecular formula is C18H17FN2O2. The SMILES string of the molecule is O=c1[nH]c2cc(F)ccc2cc1CN1CCC[C@@H]1c1ccco1. The van der Waals surface area contributed by atoms with Crippen molar-refractivity contribution in [3.63, 3.8) is 0 Å². The van der Waals surface area contributed by atoms with Gasteiger partial charge < -0.3 is 9.40 Å². The highest BCUT2D eigenvalue weighted by atomic mass is 19.1. The molecule has 1 atom stereocenters. The van der Waals surface area contributed by atoms with Crippen molar-refractivity contribution in [2.45, 2.75) is 25.4 Å². The number of nitrogens with one attached hydrogen (secondary N) is 1. The van der Waals surface area contributed by atoms with Gasteiger partial charge >= 0.3 is 0 Å². The number of benzene rings is 1. The van der Waals surface area contributed by atoms with E-state index in [0.29, 0.717) is 17.6 Å². The fourth-order valence-corrected chi connectivity index (χ4v) is 3.37. The standard InChI is InChI=1S/C18H17FN2O2/c19-14-6-5-12-9-13(18(22)20-15(12)10-14)11-21-7-1-3-16(21)17-4-2-8-23-17/h2,4-6,8-10,16H,1,3,7,11H2,(H,20,22)/t16-/m1/s1. The summed E-state index contributed by atoms with van der Waals surface area (Å²) < 4.78 is 18.8. The largest absolute Gasteiger partial charge is 0.468 e. The zero-order valence-corrected chi connectivity index (χ0v) is 12.6. The van der Waals surface area contributed by atoms with E-state index in [2.05, 4.69) is 9.88 Å². The van der Waals surface area contributed by atoms with E-state index in [4.69, 9.17) is 4.42 Å². The topological polar surface area (TPSA) is 49.2 Å². The van der Waals surface area contributed by atoms with Crippen LogP contribution >= 0.6 is 0 Å². The molecule has 0 bridgehead atoms. The first-order chi connectivity index (χ1) is 11.2. The third kappa shape index (κ3) is 2.68. The van der Waals surface area contributed by atoms with Crippen molar-refractivity contribution in [3.8, 4) is 0 Å². The van der Waals surface area contributed by atoms with Gasteiger partial charge in [-0.05, 0) is 61.2 Å². The highest BCUT2D eigenvalue weighted by Gasteiger charge is 2.28. The van der Waals surface area contributed by atoms with Crippen LogP contribution in [-0.2, 0) is 6.54 Å². The lowest BCUT2D eigenvalue weighted by Crippen LogP contribution is -2.26. The smallest absolute Gasteiger partial charge is 0.252 e. The summed E-state index contributed by atoms with van der Waals surface area (Å²) in [6, 6.07) is 10.4. The average Bonchev–Trinajstić information content (AvgIpc) is 3.19. The fraction of sp³-hybridized carbons (Fsp3) is 0.278. The van der Waals surface area contributed by atoms with Crippen molar-refractivity contribution in [2.24, 2.45) is 0 Å². The van der Waals surface area contributed by atoms with E-state index in [9.17, 15) is 9.18 Å². The molecule has 3 aromatic rings. The summed E-state index contributed by atoms with van der Waals surface area (Å²) in [5, 5.41) is 0.842. The molecule has 0 unspecified atom stereocenters. The van der Waals surface area contributed by atoms with Crippen LogP contribution < -0.4 is 5.56 Å². The number of nitrogens with zero attached hydrogens (tertiary/aromatic N) is 1. The number of furan rings is 1. The van der Waals surface area contributed by atoms with Crippen LogP contribution in [-0.4, -0.2) is 16.4 Å². The summed E-state index contributed by atoms with van der Waals surface area (Å²) in [5.74, 6) is 0.597. The summed E-state index contributed by atoms with van der Waals surface area (Å²) >= 11 is 0. The number of likely N-dealkylation sites (tertiary alicyclic amines) is 1. The van der Waals surface area contributed by atoms with E-state index in [1.807, 2.05) is 18.2 Å². The Labute approximate surface area is 132 Å². The second-order valence-electron chi connectivity index (χ2n) is 6.00. The molecular weight excluding hydrogens is 295 g/mol. The van der Waals surface area contributed by atoms with Crippen molar-refractivity contribution in [2.75, 3.05) is 6.54 Å². The normalized spacial score (nSPS) is 18.7. The number of fused-ring (bicyclic) bond motifs is 1. The first-order valence-corrected chi connectivity index (χ1v) is 7.79. The second kappa shape index (κ2) is 5.66. The van der Waals surface area contributed by atoms with Gasteiger partial charge in [0.05, 0.1) is 17.8 Å². The summed E-state index contributed by atoms with van der Waals surface area (Å²) in [5.41, 5.74) is 1.07. The second-order valence-corrected chi connectivity index (χ2v) is 6.00. The van der Waals surface area contributed by atoms with Crippen LogP contribution in [0.4, 0.5) is 4.39 Å². The lowest BCUT2D eigenvalue weighted by Gasteiger charge is -2.22. The summed E-state index contributed by atoms with van der Waals surface area (Å²) in [6.45, 7) is 1.50. The van der Waals surface area contributed by atoms with Gasteiger partial charge in [-0.3, -0.25) is 9.69 Å². The molecule has 1 saturated heterocycles. The lowest BCUT2D eigenvalue weighted by molar-refractivity contribution is 0.220. The molecule has 1 N–H and O–H groups in total. The Bertz CT molecular complexity index is 886. The number of rotatable bonds is 3. The first kappa shape index (κ1) is 14.2. The molecule has 2 aromatic heterocycles. The van der Waals surface area contributed by atoms with Crippen molar-refractivity contribution >= 4 is 10.9 Å². The van der Waals surface area contributed by atoms with Crippen LogP contribution in [0, 0.1) is 5.82 Å². The van der Waals surface area contributed by atoms with E-state index >= 15 is 0 Å². The Balaban J connectivity index is 1.65. The maximum Gasteiger partial charge on any atom is 0.252 e. The van der Waals surface area contributed by atoms with Crippen molar-refractivity contribution in [1.29, 1.82) is 0 Å². The number of aromatic amines is 1. The Hall–Kier alpha value is -2.40. The van der Waals surface area contributed by atoms with E-state index < -0.39 is 0 Å². The molecule has 1 aliphatic rings. The summed E-state index contributed by atoms with van der Waals surface area (Å²) in [7, 11) is 0. The molecule has 4 rings (SSSR count). The Morgan fingerprint density at radius 2 is 2.22 bits per heavy atom. The maximum atomic E-state index is 13.3. The van der Waals surface area contributed by atoms with Gasteiger partial charge in [0.25, 0.3) is 5.56 Å². The van der Waals surface area contributed by atoms with E-state index in [1.54, 1.807) is 12.3 Å². The molecule has 4 nitrogen and oxygen atoms in total. The zero-order valence-electron chi connectivity index (χ0n) is 12.6. The molecule has 0 saturated carbocycles. The van der Waals surface area contributed by atoms with Gasteiger partial charge in [-0.25, -0.2) is 4.39 Å². The summed E-state index contributed by atoms with van der Waals surface area (Å²) in [6.07, 6.45) is 3.80. The lowest BCUT2D eigenvalue weighted by atomic mass is 10.1. The van der Waals surface area contributed by atoms with Gasteiger partial charge in [0.15, 0.2) is 0 Å². The predicted octanol–water partition coefficient (Wildman–Crippen LogP) is 3.60. The molecule has 5 heteroatoms. The maximum absolute atomic E-state index is 13.3. The minimum absolute atomic E-state index is 0.159. The monoisotopic (exact) mass is 312 g/mol. The number of hydrogen-bond donors (Lipinski definition) is 1. The third-order valence-corrected chi connectivity index (χ3v) is 4.49. The van der Waals surface area contributed by atoms with Crippen LogP contribution in [0.15, 0.2) is 51.9 Å². The molecule has 3 heterocycles. The highest BCUT2D eigenvalue weighted by molar-refractivity contribution is 5.78. The van der Waals surface area contributed by atoms with Gasteiger partial charge in [0.1, 0.15) is 11.6 Å². The summed E-state index contributed by atoms with van der Waals surface area (Å²) in [4.78, 5) is 17.3. The molecule has 1 aromatic carbocycles. The van der Waals surface area contributed by atoms with E-state index in [1.165, 1.54) is 12.1 Å². The zero-order chi connectivity index (χ0) is 15.8. The molecule has 1 aliphatic heterocycles. The van der Waals surface area contributed by atoms with E-state index in [-0.39, 0.29) is 17.4 Å². The highest BCUT2D eigenvalue weighted by Crippen LogP contribution is 2.33. The number of pyridine rings is 1. The number of aromatic nitrogens is 1. The molecule has 1 fully saturated rings. The van der Waals surface area contributed by atoms with Gasteiger partial charge in [0.2, 0.25) is 0 Å². The number of halogens is 1. The van der Waals surface area contributed by atoms with Crippen molar-refractivity contribution in [3.05, 3.63) is 70.2 Å².